The molecule has 9 atom stereocenters. The SMILES string of the molecule is COC1/C=C\OC2(C)Oc3c(C)c(O)c4c(O)c(c(/C=N\N5CCC(N6CCCCC6)CC5)c(O)c4c3C2=O)NC(=O)C(C)=CC=CC(C)C(O)C(C)C(O)C(C)C(OC(C)=O)C1C. The molecule has 5 aliphatic heterocycles. The number of Topliss-reactive ketones (excluding diaryl/α,β-unsaturated/α-hetero) is 1. The molecule has 0 saturated carbocycles. The number of esters is 1. The van der Waals surface area contributed by atoms with Gasteiger partial charge in [-0.15, -0.1) is 0 Å². The van der Waals surface area contributed by atoms with E-state index in [1.54, 1.807) is 46.8 Å². The summed E-state index contributed by atoms with van der Waals surface area (Å²) in [6.45, 7) is 16.0. The quantitative estimate of drug-likeness (QED) is 0.0873. The third-order valence-electron chi connectivity index (χ3n) is 13.7. The fraction of sp³-hybridized carbons (Fsp3) is 0.583. The molecule has 64 heavy (non-hydrogen) atoms. The number of aliphatic hydroxyl groups excluding tert-OH is 2. The molecule has 7 rings (SSSR count). The van der Waals surface area contributed by atoms with E-state index in [-0.39, 0.29) is 44.5 Å². The standard InChI is InChI=1S/C48H66N4O12/c1-25-14-13-15-26(2)47(60)50-38-33(24-49-52-21-16-32(17-22-52)51-19-11-10-12-20-51)42(57)35-36(43(38)58)41(56)30(6)45-37(35)46(59)48(8,64-45)62-23-18-34(61-9)27(3)44(63-31(7)53)29(5)40(55)28(4)39(25)54/h13-15,18,23-25,27-29,32,34,39-40,44,54-58H,10-12,16-17,19-22H2,1-9H3,(H,50,60)/b14-13?,23-18-,26-15?,49-24-. The predicted molar refractivity (Wildman–Crippen MR) is 241 cm³/mol. The van der Waals surface area contributed by atoms with Crippen LogP contribution in [-0.4, -0.2) is 129 Å². The number of nitrogens with one attached hydrogen (secondary N) is 1. The minimum absolute atomic E-state index is 0.0644. The molecule has 2 saturated heterocycles. The number of aromatic hydroxyl groups is 3. The van der Waals surface area contributed by atoms with Gasteiger partial charge in [-0.2, -0.15) is 5.10 Å². The van der Waals surface area contributed by atoms with Gasteiger partial charge in [0, 0.05) is 80.3 Å². The Hall–Kier alpha value is -5.16. The Labute approximate surface area is 375 Å². The molecular weight excluding hydrogens is 825 g/mol. The fourth-order valence-corrected chi connectivity index (χ4v) is 9.63. The number of carbonyl (C=O) groups is 3. The minimum Gasteiger partial charge on any atom is -0.507 e. The lowest BCUT2D eigenvalue weighted by Gasteiger charge is -2.39. The second-order valence-electron chi connectivity index (χ2n) is 18.1. The number of amides is 1. The number of ketones is 1. The first-order valence-corrected chi connectivity index (χ1v) is 22.4. The lowest BCUT2D eigenvalue weighted by molar-refractivity contribution is -0.160. The zero-order valence-corrected chi connectivity index (χ0v) is 38.5. The van der Waals surface area contributed by atoms with E-state index >= 15 is 0 Å². The number of methoxy groups -OCH3 is 1. The summed E-state index contributed by atoms with van der Waals surface area (Å²) in [6, 6.07) is 0.442. The molecule has 0 spiro atoms. The monoisotopic (exact) mass is 890 g/mol. The van der Waals surface area contributed by atoms with E-state index in [0.29, 0.717) is 19.1 Å². The van der Waals surface area contributed by atoms with Crippen LogP contribution in [0.15, 0.2) is 41.2 Å². The molecule has 16 heteroatoms. The van der Waals surface area contributed by atoms with Crippen LogP contribution >= 0.6 is 0 Å². The van der Waals surface area contributed by atoms with E-state index in [4.69, 9.17) is 24.0 Å². The van der Waals surface area contributed by atoms with Gasteiger partial charge in [0.2, 0.25) is 0 Å². The summed E-state index contributed by atoms with van der Waals surface area (Å²) in [5.74, 6) is -8.27. The summed E-state index contributed by atoms with van der Waals surface area (Å²) in [7, 11) is 1.44. The molecule has 2 aromatic carbocycles. The van der Waals surface area contributed by atoms with Crippen molar-refractivity contribution in [3.8, 4) is 23.0 Å². The number of ether oxygens (including phenoxy) is 4. The minimum atomic E-state index is -2.04. The maximum Gasteiger partial charge on any atom is 0.312 e. The van der Waals surface area contributed by atoms with Gasteiger partial charge in [-0.3, -0.25) is 19.4 Å². The molecular formula is C48H66N4O12. The van der Waals surface area contributed by atoms with Crippen molar-refractivity contribution in [2.45, 2.75) is 124 Å². The molecule has 2 fully saturated rings. The summed E-state index contributed by atoms with van der Waals surface area (Å²) in [5, 5.41) is 67.7. The van der Waals surface area contributed by atoms with Gasteiger partial charge in [0.15, 0.2) is 5.75 Å². The summed E-state index contributed by atoms with van der Waals surface area (Å²) in [4.78, 5) is 43.4. The van der Waals surface area contributed by atoms with E-state index in [0.717, 1.165) is 25.9 Å². The highest BCUT2D eigenvalue weighted by Crippen LogP contribution is 2.55. The Morgan fingerprint density at radius 1 is 0.906 bits per heavy atom. The smallest absolute Gasteiger partial charge is 0.312 e. The van der Waals surface area contributed by atoms with Crippen LogP contribution in [0.2, 0.25) is 0 Å². The summed E-state index contributed by atoms with van der Waals surface area (Å²) in [6.07, 6.45) is 10.4. The maximum atomic E-state index is 14.6. The van der Waals surface area contributed by atoms with Crippen LogP contribution in [0.5, 0.6) is 23.0 Å². The number of piperidine rings is 2. The second kappa shape index (κ2) is 19.9. The molecule has 9 unspecified atom stereocenters. The van der Waals surface area contributed by atoms with Crippen molar-refractivity contribution in [2.75, 3.05) is 38.6 Å². The van der Waals surface area contributed by atoms with Crippen LogP contribution in [-0.2, 0) is 23.8 Å². The van der Waals surface area contributed by atoms with Gasteiger partial charge < -0.3 is 54.7 Å². The highest BCUT2D eigenvalue weighted by molar-refractivity contribution is 6.23. The Balaban J connectivity index is 1.46. The summed E-state index contributed by atoms with van der Waals surface area (Å²) < 4.78 is 23.7. The molecule has 6 N–H and O–H groups in total. The number of hydrogen-bond acceptors (Lipinski definition) is 15. The highest BCUT2D eigenvalue weighted by atomic mass is 16.7. The van der Waals surface area contributed by atoms with Crippen molar-refractivity contribution in [1.29, 1.82) is 0 Å². The molecule has 0 radical (unpaired) electrons. The number of phenolic OH excluding ortho intramolecular Hbond substituents is 3. The van der Waals surface area contributed by atoms with Crippen molar-refractivity contribution in [3.05, 3.63) is 52.8 Å². The molecule has 0 aromatic heterocycles. The number of fused-ring (bicyclic) bond motifs is 14. The first-order chi connectivity index (χ1) is 30.3. The maximum absolute atomic E-state index is 14.6. The van der Waals surface area contributed by atoms with Crippen molar-refractivity contribution >= 4 is 40.3 Å². The fourth-order valence-electron chi connectivity index (χ4n) is 9.63. The second-order valence-corrected chi connectivity index (χ2v) is 18.1. The number of aliphatic hydroxyl groups is 2. The third kappa shape index (κ3) is 9.60. The Kier molecular flexibility index (Phi) is 15.0. The zero-order valence-electron chi connectivity index (χ0n) is 38.5. The predicted octanol–water partition coefficient (Wildman–Crippen LogP) is 6.04. The van der Waals surface area contributed by atoms with Crippen molar-refractivity contribution in [3.63, 3.8) is 0 Å². The van der Waals surface area contributed by atoms with Gasteiger partial charge in [-0.1, -0.05) is 52.3 Å². The highest BCUT2D eigenvalue weighted by Gasteiger charge is 2.50. The largest absolute Gasteiger partial charge is 0.507 e. The Bertz CT molecular complexity index is 2210. The van der Waals surface area contributed by atoms with E-state index in [1.807, 2.05) is 5.01 Å². The van der Waals surface area contributed by atoms with Crippen LogP contribution in [0.25, 0.3) is 10.8 Å². The average molecular weight is 891 g/mol. The van der Waals surface area contributed by atoms with Gasteiger partial charge in [0.25, 0.3) is 11.7 Å². The van der Waals surface area contributed by atoms with Gasteiger partial charge in [-0.25, -0.2) is 0 Å². The van der Waals surface area contributed by atoms with Gasteiger partial charge in [0.1, 0.15) is 23.4 Å². The molecule has 2 aromatic rings. The average Bonchev–Trinajstić information content (AvgIpc) is 3.54. The first kappa shape index (κ1) is 48.3. The normalized spacial score (nSPS) is 30.9. The number of nitrogens with zero attached hydrogens (tertiary/aromatic N) is 3. The number of likely N-dealkylation sites (tertiary alicyclic amines) is 1. The molecule has 0 aliphatic carbocycles. The molecule has 350 valence electrons. The number of carbonyl (C=O) groups excluding carboxylic acids is 3. The zero-order chi connectivity index (χ0) is 46.8. The van der Waals surface area contributed by atoms with E-state index in [1.165, 1.54) is 71.8 Å². The van der Waals surface area contributed by atoms with Crippen molar-refractivity contribution in [1.82, 2.24) is 9.91 Å². The van der Waals surface area contributed by atoms with E-state index < -0.39 is 88.8 Å². The van der Waals surface area contributed by atoms with Crippen LogP contribution < -0.4 is 10.1 Å². The molecule has 16 nitrogen and oxygen atoms in total. The Morgan fingerprint density at radius 2 is 1.58 bits per heavy atom. The number of phenols is 3. The van der Waals surface area contributed by atoms with Crippen molar-refractivity contribution < 1.29 is 58.9 Å². The first-order valence-electron chi connectivity index (χ1n) is 22.4. The molecule has 5 aliphatic rings. The number of benzene rings is 2. The number of anilines is 1. The van der Waals surface area contributed by atoms with Crippen LogP contribution in [0.4, 0.5) is 5.69 Å². The van der Waals surface area contributed by atoms with Crippen LogP contribution in [0.3, 0.4) is 0 Å². The number of rotatable bonds is 5. The number of hydrazone groups is 1. The van der Waals surface area contributed by atoms with Gasteiger partial charge in [0.05, 0.1) is 53.0 Å². The topological polar surface area (TPSA) is 220 Å². The van der Waals surface area contributed by atoms with E-state index in [9.17, 15) is 39.9 Å². The third-order valence-corrected chi connectivity index (χ3v) is 13.7. The van der Waals surface area contributed by atoms with E-state index in [2.05, 4.69) is 10.2 Å². The van der Waals surface area contributed by atoms with Gasteiger partial charge in [-0.05, 0) is 58.7 Å². The van der Waals surface area contributed by atoms with Crippen molar-refractivity contribution in [2.24, 2.45) is 28.8 Å². The summed E-state index contributed by atoms with van der Waals surface area (Å²) in [5.41, 5.74) is -0.280. The lowest BCUT2D eigenvalue weighted by atomic mass is 9.78. The summed E-state index contributed by atoms with van der Waals surface area (Å²) >= 11 is 0. The van der Waals surface area contributed by atoms with Gasteiger partial charge >= 0.3 is 11.8 Å². The van der Waals surface area contributed by atoms with Crippen LogP contribution in [0, 0.1) is 30.6 Å². The number of hydrogen-bond donors (Lipinski definition) is 6. The number of allylic oxidation sites excluding steroid dienone is 2. The molecule has 5 bridgehead atoms. The molecule has 1 amide bonds. The Morgan fingerprint density at radius 3 is 2.22 bits per heavy atom. The molecule has 5 heterocycles. The lowest BCUT2D eigenvalue weighted by Crippen LogP contribution is -2.46. The van der Waals surface area contributed by atoms with Crippen LogP contribution in [0.1, 0.15) is 102 Å².